The molecule has 1 aliphatic heterocycles. The monoisotopic (exact) mass is 322 g/mol. The van der Waals surface area contributed by atoms with Crippen LogP contribution in [0, 0.1) is 11.8 Å². The maximum Gasteiger partial charge on any atom is 0.310 e. The number of hydrogen-bond donors (Lipinski definition) is 0. The van der Waals surface area contributed by atoms with Gasteiger partial charge in [0.05, 0.1) is 26.6 Å². The van der Waals surface area contributed by atoms with E-state index < -0.39 is 28.1 Å². The summed E-state index contributed by atoms with van der Waals surface area (Å²) in [5.74, 6) is -1.45. The Hall–Kier alpha value is -1.19. The standard InChI is InChI=1S/C12H22N2O6S/c1-9-7-14(8-10(9)12(16)20-4)21(17,18)13(2)6-5-11(15)19-3/h9-10H,5-8H2,1-4H3. The van der Waals surface area contributed by atoms with Gasteiger partial charge in [-0.2, -0.15) is 17.0 Å². The van der Waals surface area contributed by atoms with Gasteiger partial charge >= 0.3 is 11.9 Å². The Bertz CT molecular complexity index is 492. The molecule has 1 rings (SSSR count). The smallest absolute Gasteiger partial charge is 0.310 e. The molecule has 0 aromatic rings. The van der Waals surface area contributed by atoms with Crippen molar-refractivity contribution in [1.29, 1.82) is 0 Å². The molecule has 0 aromatic heterocycles. The Labute approximate surface area is 125 Å². The van der Waals surface area contributed by atoms with Crippen LogP contribution < -0.4 is 0 Å². The highest BCUT2D eigenvalue weighted by atomic mass is 32.2. The normalized spacial score (nSPS) is 23.3. The van der Waals surface area contributed by atoms with Gasteiger partial charge in [0.15, 0.2) is 0 Å². The van der Waals surface area contributed by atoms with Crippen LogP contribution in [-0.2, 0) is 29.3 Å². The lowest BCUT2D eigenvalue weighted by molar-refractivity contribution is -0.146. The third-order valence-corrected chi connectivity index (χ3v) is 5.58. The van der Waals surface area contributed by atoms with Crippen LogP contribution in [0.2, 0.25) is 0 Å². The molecule has 2 unspecified atom stereocenters. The molecular weight excluding hydrogens is 300 g/mol. The first-order chi connectivity index (χ1) is 9.73. The summed E-state index contributed by atoms with van der Waals surface area (Å²) < 4.78 is 36.3. The van der Waals surface area contributed by atoms with Crippen LogP contribution in [0.3, 0.4) is 0 Å². The lowest BCUT2D eigenvalue weighted by Crippen LogP contribution is -2.42. The van der Waals surface area contributed by atoms with E-state index in [1.54, 1.807) is 0 Å². The summed E-state index contributed by atoms with van der Waals surface area (Å²) in [4.78, 5) is 22.7. The van der Waals surface area contributed by atoms with Gasteiger partial charge < -0.3 is 9.47 Å². The molecule has 0 amide bonds. The zero-order valence-electron chi connectivity index (χ0n) is 12.7. The summed E-state index contributed by atoms with van der Waals surface area (Å²) in [6.07, 6.45) is -0.0178. The zero-order valence-corrected chi connectivity index (χ0v) is 13.6. The first-order valence-corrected chi connectivity index (χ1v) is 7.99. The summed E-state index contributed by atoms with van der Waals surface area (Å²) in [5.41, 5.74) is 0. The maximum absolute atomic E-state index is 12.4. The fraction of sp³-hybridized carbons (Fsp3) is 0.833. The summed E-state index contributed by atoms with van der Waals surface area (Å²) in [6.45, 7) is 2.19. The van der Waals surface area contributed by atoms with Crippen LogP contribution in [0.1, 0.15) is 13.3 Å². The Morgan fingerprint density at radius 1 is 1.24 bits per heavy atom. The van der Waals surface area contributed by atoms with E-state index in [1.165, 1.54) is 25.6 Å². The van der Waals surface area contributed by atoms with E-state index in [0.717, 1.165) is 4.31 Å². The zero-order chi connectivity index (χ0) is 16.2. The van der Waals surface area contributed by atoms with Gasteiger partial charge in [-0.1, -0.05) is 6.92 Å². The second kappa shape index (κ2) is 7.19. The van der Waals surface area contributed by atoms with Crippen LogP contribution in [0.25, 0.3) is 0 Å². The van der Waals surface area contributed by atoms with Crippen molar-refractivity contribution in [2.24, 2.45) is 11.8 Å². The van der Waals surface area contributed by atoms with Crippen LogP contribution >= 0.6 is 0 Å². The molecule has 0 N–H and O–H groups in total. The molecular formula is C12H22N2O6S. The number of ether oxygens (including phenoxy) is 2. The molecule has 1 fully saturated rings. The molecule has 1 aliphatic rings. The van der Waals surface area contributed by atoms with Gasteiger partial charge in [0.1, 0.15) is 0 Å². The van der Waals surface area contributed by atoms with Crippen molar-refractivity contribution < 1.29 is 27.5 Å². The summed E-state index contributed by atoms with van der Waals surface area (Å²) in [6, 6.07) is 0. The van der Waals surface area contributed by atoms with E-state index in [1.807, 2.05) is 6.92 Å². The number of carbonyl (C=O) groups excluding carboxylic acids is 2. The molecule has 8 nitrogen and oxygen atoms in total. The van der Waals surface area contributed by atoms with E-state index in [4.69, 9.17) is 0 Å². The van der Waals surface area contributed by atoms with Gasteiger partial charge in [0.2, 0.25) is 0 Å². The third-order valence-electron chi connectivity index (χ3n) is 3.66. The van der Waals surface area contributed by atoms with Crippen molar-refractivity contribution in [3.8, 4) is 0 Å². The topological polar surface area (TPSA) is 93.2 Å². The number of methoxy groups -OCH3 is 2. The number of hydrogen-bond acceptors (Lipinski definition) is 6. The summed E-state index contributed by atoms with van der Waals surface area (Å²) >= 11 is 0. The van der Waals surface area contributed by atoms with Gasteiger partial charge in [-0.3, -0.25) is 9.59 Å². The SMILES string of the molecule is COC(=O)CCN(C)S(=O)(=O)N1CC(C)C(C(=O)OC)C1. The van der Waals surface area contributed by atoms with Gasteiger partial charge in [0, 0.05) is 26.7 Å². The molecule has 21 heavy (non-hydrogen) atoms. The van der Waals surface area contributed by atoms with Crippen LogP contribution in [-0.4, -0.2) is 69.9 Å². The van der Waals surface area contributed by atoms with Gasteiger partial charge in [0.25, 0.3) is 10.2 Å². The predicted octanol–water partition coefficient (Wildman–Crippen LogP) is -0.533. The highest BCUT2D eigenvalue weighted by Gasteiger charge is 2.42. The van der Waals surface area contributed by atoms with Gasteiger partial charge in [-0.05, 0) is 5.92 Å². The average molecular weight is 322 g/mol. The fourth-order valence-corrected chi connectivity index (χ4v) is 3.72. The van der Waals surface area contributed by atoms with Crippen molar-refractivity contribution >= 4 is 22.1 Å². The minimum absolute atomic E-state index is 0.0178. The number of nitrogens with zero attached hydrogens (tertiary/aromatic N) is 2. The Kier molecular flexibility index (Phi) is 6.11. The van der Waals surface area contributed by atoms with Crippen molar-refractivity contribution in [3.05, 3.63) is 0 Å². The quantitative estimate of drug-likeness (QED) is 0.610. The molecule has 122 valence electrons. The Morgan fingerprint density at radius 3 is 2.38 bits per heavy atom. The predicted molar refractivity (Wildman–Crippen MR) is 74.4 cm³/mol. The highest BCUT2D eigenvalue weighted by molar-refractivity contribution is 7.86. The van der Waals surface area contributed by atoms with Crippen molar-refractivity contribution in [1.82, 2.24) is 8.61 Å². The lowest BCUT2D eigenvalue weighted by Gasteiger charge is -2.23. The second-order valence-corrected chi connectivity index (χ2v) is 7.11. The lowest BCUT2D eigenvalue weighted by atomic mass is 9.99. The van der Waals surface area contributed by atoms with Crippen LogP contribution in [0.4, 0.5) is 0 Å². The molecule has 0 aromatic carbocycles. The highest BCUT2D eigenvalue weighted by Crippen LogP contribution is 2.27. The van der Waals surface area contributed by atoms with Crippen LogP contribution in [0.15, 0.2) is 0 Å². The minimum atomic E-state index is -3.70. The van der Waals surface area contributed by atoms with E-state index in [9.17, 15) is 18.0 Å². The molecule has 1 saturated heterocycles. The molecule has 0 saturated carbocycles. The largest absolute Gasteiger partial charge is 0.469 e. The van der Waals surface area contributed by atoms with Crippen molar-refractivity contribution in [2.45, 2.75) is 13.3 Å². The first-order valence-electron chi connectivity index (χ1n) is 6.60. The van der Waals surface area contributed by atoms with E-state index >= 15 is 0 Å². The molecule has 0 radical (unpaired) electrons. The van der Waals surface area contributed by atoms with Crippen LogP contribution in [0.5, 0.6) is 0 Å². The number of rotatable bonds is 6. The van der Waals surface area contributed by atoms with Crippen molar-refractivity contribution in [3.63, 3.8) is 0 Å². The Morgan fingerprint density at radius 2 is 1.86 bits per heavy atom. The molecule has 0 aliphatic carbocycles. The van der Waals surface area contributed by atoms with Gasteiger partial charge in [-0.25, -0.2) is 0 Å². The minimum Gasteiger partial charge on any atom is -0.469 e. The summed E-state index contributed by atoms with van der Waals surface area (Å²) in [7, 11) is 0.235. The summed E-state index contributed by atoms with van der Waals surface area (Å²) in [5, 5.41) is 0. The number of carbonyl (C=O) groups is 2. The van der Waals surface area contributed by atoms with E-state index in [-0.39, 0.29) is 32.0 Å². The molecule has 0 bridgehead atoms. The second-order valence-electron chi connectivity index (χ2n) is 5.08. The Balaban J connectivity index is 2.71. The molecule has 9 heteroatoms. The third kappa shape index (κ3) is 4.14. The molecule has 1 heterocycles. The van der Waals surface area contributed by atoms with Crippen molar-refractivity contribution in [2.75, 3.05) is 40.9 Å². The van der Waals surface area contributed by atoms with E-state index in [2.05, 4.69) is 9.47 Å². The van der Waals surface area contributed by atoms with Gasteiger partial charge in [-0.15, -0.1) is 0 Å². The van der Waals surface area contributed by atoms with E-state index in [0.29, 0.717) is 0 Å². The molecule has 2 atom stereocenters. The number of esters is 2. The maximum atomic E-state index is 12.4. The first kappa shape index (κ1) is 17.9. The molecule has 0 spiro atoms. The fourth-order valence-electron chi connectivity index (χ4n) is 2.23. The average Bonchev–Trinajstić information content (AvgIpc) is 2.85.